The van der Waals surface area contributed by atoms with Gasteiger partial charge in [0.2, 0.25) is 5.91 Å². The van der Waals surface area contributed by atoms with E-state index in [2.05, 4.69) is 10.6 Å². The summed E-state index contributed by atoms with van der Waals surface area (Å²) in [5, 5.41) is 17.1. The van der Waals surface area contributed by atoms with Crippen molar-refractivity contribution < 1.29 is 19.3 Å². The summed E-state index contributed by atoms with van der Waals surface area (Å²) >= 11 is 0. The average Bonchev–Trinajstić information content (AvgIpc) is 3.11. The molecule has 1 aromatic rings. The first-order chi connectivity index (χ1) is 16.0. The van der Waals surface area contributed by atoms with Gasteiger partial charge >= 0.3 is 6.03 Å². The third-order valence-corrected chi connectivity index (χ3v) is 6.04. The molecular formula is C24H33N5O5. The summed E-state index contributed by atoms with van der Waals surface area (Å²) in [4.78, 5) is 53.6. The quantitative estimate of drug-likeness (QED) is 0.423. The van der Waals surface area contributed by atoms with Crippen LogP contribution in [0.15, 0.2) is 35.5 Å². The van der Waals surface area contributed by atoms with Crippen LogP contribution in [0.3, 0.4) is 0 Å². The molecule has 4 amide bonds. The predicted molar refractivity (Wildman–Crippen MR) is 127 cm³/mol. The summed E-state index contributed by atoms with van der Waals surface area (Å²) in [7, 11) is 0. The van der Waals surface area contributed by atoms with Gasteiger partial charge in [0.25, 0.3) is 11.6 Å². The second-order valence-electron chi connectivity index (χ2n) is 9.56. The van der Waals surface area contributed by atoms with Gasteiger partial charge in [-0.25, -0.2) is 4.79 Å². The maximum Gasteiger partial charge on any atom is 0.322 e. The first-order valence-electron chi connectivity index (χ1n) is 11.7. The number of benzene rings is 1. The molecule has 0 radical (unpaired) electrons. The highest BCUT2D eigenvalue weighted by Crippen LogP contribution is 2.38. The highest BCUT2D eigenvalue weighted by Gasteiger charge is 2.47. The number of nitrogens with one attached hydrogen (secondary N) is 2. The van der Waals surface area contributed by atoms with Gasteiger partial charge in [0.15, 0.2) is 0 Å². The minimum atomic E-state index is -0.832. The molecule has 34 heavy (non-hydrogen) atoms. The third kappa shape index (κ3) is 5.05. The van der Waals surface area contributed by atoms with Crippen LogP contribution >= 0.6 is 0 Å². The minimum Gasteiger partial charge on any atom is -0.354 e. The lowest BCUT2D eigenvalue weighted by atomic mass is 9.95. The molecular weight excluding hydrogens is 438 g/mol. The number of nitro benzene ring substituents is 1. The molecule has 3 rings (SSSR count). The zero-order chi connectivity index (χ0) is 25.2. The number of nitrogens with zero attached hydrogens (tertiary/aromatic N) is 3. The number of non-ortho nitro benzene ring substituents is 1. The molecule has 184 valence electrons. The van der Waals surface area contributed by atoms with Crippen molar-refractivity contribution in [3.05, 3.63) is 51.2 Å². The van der Waals surface area contributed by atoms with Crippen LogP contribution in [-0.2, 0) is 9.59 Å². The fourth-order valence-corrected chi connectivity index (χ4v) is 4.41. The van der Waals surface area contributed by atoms with Crippen molar-refractivity contribution in [1.29, 1.82) is 0 Å². The molecule has 1 aromatic carbocycles. The lowest BCUT2D eigenvalue weighted by Crippen LogP contribution is -2.50. The smallest absolute Gasteiger partial charge is 0.322 e. The number of amides is 4. The van der Waals surface area contributed by atoms with Crippen LogP contribution in [0.2, 0.25) is 0 Å². The van der Waals surface area contributed by atoms with E-state index < -0.39 is 17.0 Å². The van der Waals surface area contributed by atoms with Crippen LogP contribution in [0.5, 0.6) is 0 Å². The molecule has 0 saturated heterocycles. The normalized spacial score (nSPS) is 19.0. The van der Waals surface area contributed by atoms with Crippen molar-refractivity contribution in [1.82, 2.24) is 20.4 Å². The largest absolute Gasteiger partial charge is 0.354 e. The Morgan fingerprint density at radius 3 is 2.53 bits per heavy atom. The van der Waals surface area contributed by atoms with Gasteiger partial charge < -0.3 is 15.5 Å². The van der Waals surface area contributed by atoms with Crippen molar-refractivity contribution in [3.8, 4) is 0 Å². The van der Waals surface area contributed by atoms with Crippen LogP contribution in [0.25, 0.3) is 0 Å². The van der Waals surface area contributed by atoms with Gasteiger partial charge in [-0.1, -0.05) is 39.8 Å². The van der Waals surface area contributed by atoms with E-state index in [9.17, 15) is 24.5 Å². The lowest BCUT2D eigenvalue weighted by Gasteiger charge is -2.32. The van der Waals surface area contributed by atoms with Gasteiger partial charge in [0, 0.05) is 25.2 Å². The number of hydrogen-bond donors (Lipinski definition) is 2. The van der Waals surface area contributed by atoms with Crippen molar-refractivity contribution in [2.24, 2.45) is 11.8 Å². The van der Waals surface area contributed by atoms with Gasteiger partial charge in [0.05, 0.1) is 28.8 Å². The monoisotopic (exact) mass is 471 g/mol. The Kier molecular flexibility index (Phi) is 7.58. The summed E-state index contributed by atoms with van der Waals surface area (Å²) in [6, 6.07) is 4.02. The SMILES string of the molecule is CCN1C(=O)N[C@H](c2cccc([N+](=O)[O-])c2)C2=C1CN([C@H](CC(C)C)C(=O)NCC(C)C)C2=O. The second-order valence-corrected chi connectivity index (χ2v) is 9.56. The maximum atomic E-state index is 13.8. The molecule has 0 saturated carbocycles. The first-order valence-corrected chi connectivity index (χ1v) is 11.7. The van der Waals surface area contributed by atoms with Gasteiger partial charge in [-0.3, -0.25) is 24.6 Å². The Labute approximate surface area is 199 Å². The number of urea groups is 1. The van der Waals surface area contributed by atoms with Crippen LogP contribution < -0.4 is 10.6 Å². The predicted octanol–water partition coefficient (Wildman–Crippen LogP) is 2.96. The molecule has 0 bridgehead atoms. The molecule has 0 unspecified atom stereocenters. The van der Waals surface area contributed by atoms with Crippen molar-refractivity contribution in [3.63, 3.8) is 0 Å². The molecule has 2 atom stereocenters. The first kappa shape index (κ1) is 25.2. The standard InChI is InChI=1S/C24H33N5O5/c1-6-27-19-13-28(18(10-14(2)3)22(30)25-12-15(4)5)23(31)20(19)21(26-24(27)32)16-8-7-9-17(11-16)29(33)34/h7-9,11,14-15,18,21H,6,10,12-13H2,1-5H3,(H,25,30)(H,26,32)/t18-,21-/m1/s1. The topological polar surface area (TPSA) is 125 Å². The maximum absolute atomic E-state index is 13.8. The van der Waals surface area contributed by atoms with E-state index >= 15 is 0 Å². The zero-order valence-corrected chi connectivity index (χ0v) is 20.3. The summed E-state index contributed by atoms with van der Waals surface area (Å²) < 4.78 is 0. The Morgan fingerprint density at radius 1 is 1.24 bits per heavy atom. The van der Waals surface area contributed by atoms with E-state index in [1.54, 1.807) is 6.07 Å². The van der Waals surface area contributed by atoms with E-state index in [-0.39, 0.29) is 41.9 Å². The van der Waals surface area contributed by atoms with Crippen LogP contribution in [0, 0.1) is 22.0 Å². The minimum absolute atomic E-state index is 0.125. The number of rotatable bonds is 9. The zero-order valence-electron chi connectivity index (χ0n) is 20.3. The summed E-state index contributed by atoms with van der Waals surface area (Å²) in [6.07, 6.45) is 0.477. The fraction of sp³-hybridized carbons (Fsp3) is 0.542. The number of carbonyl (C=O) groups excluding carboxylic acids is 3. The highest BCUT2D eigenvalue weighted by molar-refractivity contribution is 6.03. The van der Waals surface area contributed by atoms with Crippen molar-refractivity contribution in [2.75, 3.05) is 19.6 Å². The molecule has 2 N–H and O–H groups in total. The van der Waals surface area contributed by atoms with Crippen LogP contribution in [0.4, 0.5) is 10.5 Å². The van der Waals surface area contributed by atoms with E-state index in [4.69, 9.17) is 0 Å². The Morgan fingerprint density at radius 2 is 1.94 bits per heavy atom. The number of nitro groups is 1. The highest BCUT2D eigenvalue weighted by atomic mass is 16.6. The van der Waals surface area contributed by atoms with Gasteiger partial charge in [0.1, 0.15) is 6.04 Å². The van der Waals surface area contributed by atoms with Gasteiger partial charge in [-0.05, 0) is 30.7 Å². The number of carbonyl (C=O) groups is 3. The molecule has 0 spiro atoms. The molecule has 2 aliphatic rings. The molecule has 2 heterocycles. The van der Waals surface area contributed by atoms with E-state index in [1.807, 2.05) is 34.6 Å². The molecule has 0 aromatic heterocycles. The Hall–Kier alpha value is -3.43. The number of likely N-dealkylation sites (N-methyl/N-ethyl adjacent to an activating group) is 1. The fourth-order valence-electron chi connectivity index (χ4n) is 4.41. The molecule has 10 nitrogen and oxygen atoms in total. The molecule has 10 heteroatoms. The van der Waals surface area contributed by atoms with Crippen molar-refractivity contribution >= 4 is 23.5 Å². The third-order valence-electron chi connectivity index (χ3n) is 6.04. The van der Waals surface area contributed by atoms with E-state index in [0.29, 0.717) is 36.3 Å². The van der Waals surface area contributed by atoms with E-state index in [0.717, 1.165) is 0 Å². The summed E-state index contributed by atoms with van der Waals surface area (Å²) in [5.74, 6) is -0.130. The van der Waals surface area contributed by atoms with Crippen LogP contribution in [0.1, 0.15) is 52.6 Å². The molecule has 0 aliphatic carbocycles. The summed E-state index contributed by atoms with van der Waals surface area (Å²) in [5.41, 5.74) is 1.22. The van der Waals surface area contributed by atoms with Crippen molar-refractivity contribution in [2.45, 2.75) is 53.1 Å². The summed E-state index contributed by atoms with van der Waals surface area (Å²) in [6.45, 7) is 10.8. The Bertz CT molecular complexity index is 1020. The van der Waals surface area contributed by atoms with Gasteiger partial charge in [-0.2, -0.15) is 0 Å². The Balaban J connectivity index is 2.01. The second kappa shape index (κ2) is 10.2. The lowest BCUT2D eigenvalue weighted by molar-refractivity contribution is -0.384. The van der Waals surface area contributed by atoms with Gasteiger partial charge in [-0.15, -0.1) is 0 Å². The van der Waals surface area contributed by atoms with E-state index in [1.165, 1.54) is 28.0 Å². The van der Waals surface area contributed by atoms with Crippen LogP contribution in [-0.4, -0.2) is 58.2 Å². The average molecular weight is 472 g/mol. The molecule has 0 fully saturated rings. The number of hydrogen-bond acceptors (Lipinski definition) is 5. The molecule has 2 aliphatic heterocycles.